The van der Waals surface area contributed by atoms with Crippen LogP contribution in [0.25, 0.3) is 12.2 Å². The monoisotopic (exact) mass is 302 g/mol. The summed E-state index contributed by atoms with van der Waals surface area (Å²) in [5, 5.41) is 0. The van der Waals surface area contributed by atoms with Crippen LogP contribution in [0.2, 0.25) is 0 Å². The minimum atomic E-state index is 0.689. The lowest BCUT2D eigenvalue weighted by Crippen LogP contribution is -1.92. The summed E-state index contributed by atoms with van der Waals surface area (Å²) in [6.07, 6.45) is 4.02. The van der Waals surface area contributed by atoms with Crippen molar-refractivity contribution in [3.63, 3.8) is 0 Å². The number of nitrogens with two attached hydrogens (primary N) is 2. The minimum Gasteiger partial charge on any atom is -0.399 e. The molecule has 0 aliphatic carbocycles. The van der Waals surface area contributed by atoms with Gasteiger partial charge in [-0.15, -0.1) is 0 Å². The SMILES string of the molecule is Cc1ccccc1.Nc1ccc(C=Cc2ccccc2)c(N)c1. The normalized spacial score (nSPS) is 10.1. The van der Waals surface area contributed by atoms with Crippen LogP contribution in [0.1, 0.15) is 16.7 Å². The van der Waals surface area contributed by atoms with E-state index in [2.05, 4.69) is 19.1 Å². The van der Waals surface area contributed by atoms with Crippen molar-refractivity contribution in [2.45, 2.75) is 6.92 Å². The third kappa shape index (κ3) is 5.71. The fraction of sp³-hybridized carbons (Fsp3) is 0.0476. The van der Waals surface area contributed by atoms with Gasteiger partial charge in [-0.3, -0.25) is 0 Å². The Kier molecular flexibility index (Phi) is 6.01. The zero-order valence-electron chi connectivity index (χ0n) is 13.3. The number of anilines is 2. The van der Waals surface area contributed by atoms with Crippen molar-refractivity contribution in [3.8, 4) is 0 Å². The molecule has 0 saturated heterocycles. The fourth-order valence-corrected chi connectivity index (χ4v) is 2.03. The Balaban J connectivity index is 0.000000229. The molecule has 4 N–H and O–H groups in total. The Hall–Kier alpha value is -3.00. The Morgan fingerprint density at radius 3 is 1.83 bits per heavy atom. The van der Waals surface area contributed by atoms with Gasteiger partial charge in [0.05, 0.1) is 0 Å². The molecule has 0 saturated carbocycles. The average Bonchev–Trinajstić information content (AvgIpc) is 2.56. The number of rotatable bonds is 2. The van der Waals surface area contributed by atoms with Gasteiger partial charge in [0.1, 0.15) is 0 Å². The van der Waals surface area contributed by atoms with E-state index in [0.29, 0.717) is 11.4 Å². The van der Waals surface area contributed by atoms with Crippen LogP contribution in [0, 0.1) is 6.92 Å². The number of hydrogen-bond acceptors (Lipinski definition) is 2. The topological polar surface area (TPSA) is 52.0 Å². The molecule has 0 unspecified atom stereocenters. The molecule has 23 heavy (non-hydrogen) atoms. The van der Waals surface area contributed by atoms with Gasteiger partial charge in [0.2, 0.25) is 0 Å². The van der Waals surface area contributed by atoms with E-state index in [0.717, 1.165) is 11.1 Å². The third-order valence-corrected chi connectivity index (χ3v) is 3.31. The van der Waals surface area contributed by atoms with E-state index >= 15 is 0 Å². The van der Waals surface area contributed by atoms with Gasteiger partial charge < -0.3 is 11.5 Å². The van der Waals surface area contributed by atoms with E-state index in [1.54, 1.807) is 6.07 Å². The van der Waals surface area contributed by atoms with Gasteiger partial charge in [0, 0.05) is 11.4 Å². The van der Waals surface area contributed by atoms with Crippen LogP contribution in [0.15, 0.2) is 78.9 Å². The summed E-state index contributed by atoms with van der Waals surface area (Å²) < 4.78 is 0. The molecule has 2 nitrogen and oxygen atoms in total. The standard InChI is InChI=1S/C14H14N2.C7H8/c15-13-9-8-12(14(16)10-13)7-6-11-4-2-1-3-5-11;1-7-5-3-2-4-6-7/h1-10H,15-16H2;2-6H,1H3. The first kappa shape index (κ1) is 16.4. The number of hydrogen-bond donors (Lipinski definition) is 2. The molecule has 0 aliphatic heterocycles. The van der Waals surface area contributed by atoms with Crippen molar-refractivity contribution < 1.29 is 0 Å². The van der Waals surface area contributed by atoms with Gasteiger partial charge in [0.25, 0.3) is 0 Å². The maximum absolute atomic E-state index is 5.85. The van der Waals surface area contributed by atoms with Crippen LogP contribution in [0.3, 0.4) is 0 Å². The van der Waals surface area contributed by atoms with Crippen LogP contribution in [0.4, 0.5) is 11.4 Å². The predicted octanol–water partition coefficient (Wildman–Crippen LogP) is 5.02. The van der Waals surface area contributed by atoms with Crippen LogP contribution in [-0.2, 0) is 0 Å². The molecule has 0 radical (unpaired) electrons. The average molecular weight is 302 g/mol. The first-order chi connectivity index (χ1) is 11.1. The van der Waals surface area contributed by atoms with Gasteiger partial charge in [-0.2, -0.15) is 0 Å². The molecule has 0 aromatic heterocycles. The Morgan fingerprint density at radius 2 is 1.30 bits per heavy atom. The van der Waals surface area contributed by atoms with E-state index in [1.807, 2.05) is 72.8 Å². The molecule has 3 aromatic rings. The molecule has 2 heteroatoms. The summed E-state index contributed by atoms with van der Waals surface area (Å²) >= 11 is 0. The summed E-state index contributed by atoms with van der Waals surface area (Å²) in [5.41, 5.74) is 16.3. The summed E-state index contributed by atoms with van der Waals surface area (Å²) in [4.78, 5) is 0. The quantitative estimate of drug-likeness (QED) is 0.516. The molecule has 0 spiro atoms. The van der Waals surface area contributed by atoms with Crippen LogP contribution >= 0.6 is 0 Å². The second-order valence-electron chi connectivity index (χ2n) is 5.29. The molecule has 0 fully saturated rings. The zero-order valence-corrected chi connectivity index (χ0v) is 13.3. The van der Waals surface area contributed by atoms with Crippen molar-refractivity contribution in [1.29, 1.82) is 0 Å². The highest BCUT2D eigenvalue weighted by atomic mass is 14.6. The molecule has 0 amide bonds. The molecule has 3 aromatic carbocycles. The number of nitrogen functional groups attached to an aromatic ring is 2. The Morgan fingerprint density at radius 1 is 0.696 bits per heavy atom. The summed E-state index contributed by atoms with van der Waals surface area (Å²) in [6, 6.07) is 25.9. The first-order valence-corrected chi connectivity index (χ1v) is 7.55. The molecular formula is C21H22N2. The fourth-order valence-electron chi connectivity index (χ4n) is 2.03. The van der Waals surface area contributed by atoms with E-state index in [9.17, 15) is 0 Å². The molecule has 0 atom stereocenters. The highest BCUT2D eigenvalue weighted by Crippen LogP contribution is 2.18. The van der Waals surface area contributed by atoms with E-state index < -0.39 is 0 Å². The maximum Gasteiger partial charge on any atom is 0.0408 e. The van der Waals surface area contributed by atoms with Gasteiger partial charge in [-0.1, -0.05) is 84.4 Å². The smallest absolute Gasteiger partial charge is 0.0408 e. The highest BCUT2D eigenvalue weighted by molar-refractivity contribution is 5.77. The van der Waals surface area contributed by atoms with E-state index in [1.165, 1.54) is 5.56 Å². The lowest BCUT2D eigenvalue weighted by atomic mass is 10.1. The van der Waals surface area contributed by atoms with Crippen molar-refractivity contribution in [1.82, 2.24) is 0 Å². The van der Waals surface area contributed by atoms with Crippen molar-refractivity contribution >= 4 is 23.5 Å². The number of benzene rings is 3. The minimum absolute atomic E-state index is 0.689. The van der Waals surface area contributed by atoms with Crippen molar-refractivity contribution in [2.24, 2.45) is 0 Å². The van der Waals surface area contributed by atoms with Crippen LogP contribution in [-0.4, -0.2) is 0 Å². The van der Waals surface area contributed by atoms with Crippen LogP contribution < -0.4 is 11.5 Å². The Bertz CT molecular complexity index is 747. The first-order valence-electron chi connectivity index (χ1n) is 7.55. The highest BCUT2D eigenvalue weighted by Gasteiger charge is 1.94. The molecule has 116 valence electrons. The van der Waals surface area contributed by atoms with Gasteiger partial charge >= 0.3 is 0 Å². The summed E-state index contributed by atoms with van der Waals surface area (Å²) in [5.74, 6) is 0. The lowest BCUT2D eigenvalue weighted by Gasteiger charge is -2.01. The van der Waals surface area contributed by atoms with Gasteiger partial charge in [0.15, 0.2) is 0 Å². The summed E-state index contributed by atoms with van der Waals surface area (Å²) in [6.45, 7) is 2.08. The maximum atomic E-state index is 5.85. The third-order valence-electron chi connectivity index (χ3n) is 3.31. The van der Waals surface area contributed by atoms with Gasteiger partial charge in [-0.25, -0.2) is 0 Å². The van der Waals surface area contributed by atoms with Crippen molar-refractivity contribution in [3.05, 3.63) is 95.6 Å². The van der Waals surface area contributed by atoms with E-state index in [4.69, 9.17) is 11.5 Å². The van der Waals surface area contributed by atoms with Gasteiger partial charge in [-0.05, 0) is 30.2 Å². The molecule has 0 heterocycles. The van der Waals surface area contributed by atoms with E-state index in [-0.39, 0.29) is 0 Å². The Labute approximate surface area is 138 Å². The lowest BCUT2D eigenvalue weighted by molar-refractivity contribution is 1.48. The van der Waals surface area contributed by atoms with Crippen molar-refractivity contribution in [2.75, 3.05) is 11.5 Å². The zero-order chi connectivity index (χ0) is 16.5. The summed E-state index contributed by atoms with van der Waals surface area (Å²) in [7, 11) is 0. The van der Waals surface area contributed by atoms with Crippen LogP contribution in [0.5, 0.6) is 0 Å². The predicted molar refractivity (Wildman–Crippen MR) is 102 cm³/mol. The second-order valence-corrected chi connectivity index (χ2v) is 5.29. The second kappa shape index (κ2) is 8.44. The largest absolute Gasteiger partial charge is 0.399 e. The number of aryl methyl sites for hydroxylation is 1. The molecule has 0 aliphatic rings. The molecular weight excluding hydrogens is 280 g/mol. The molecule has 0 bridgehead atoms. The molecule has 3 rings (SSSR count).